The number of ether oxygens (including phenoxy) is 1. The molecule has 0 aliphatic carbocycles. The predicted molar refractivity (Wildman–Crippen MR) is 139 cm³/mol. The number of aromatic nitrogens is 4. The molecule has 0 unspecified atom stereocenters. The van der Waals surface area contributed by atoms with Crippen molar-refractivity contribution in [2.24, 2.45) is 5.73 Å². The van der Waals surface area contributed by atoms with Gasteiger partial charge in [0.15, 0.2) is 0 Å². The van der Waals surface area contributed by atoms with Gasteiger partial charge in [-0.3, -0.25) is 19.6 Å². The number of rotatable bonds is 7. The minimum atomic E-state index is -0.616. The summed E-state index contributed by atoms with van der Waals surface area (Å²) in [4.78, 5) is 33.5. The van der Waals surface area contributed by atoms with E-state index in [4.69, 9.17) is 10.5 Å². The lowest BCUT2D eigenvalue weighted by Crippen LogP contribution is -2.23. The molecular formula is C28H23FN6O3. The molecule has 0 bridgehead atoms. The summed E-state index contributed by atoms with van der Waals surface area (Å²) in [5, 5.41) is 7.98. The van der Waals surface area contributed by atoms with Crippen LogP contribution in [0.25, 0.3) is 27.8 Å². The molecular weight excluding hydrogens is 487 g/mol. The van der Waals surface area contributed by atoms with Crippen molar-refractivity contribution >= 4 is 22.7 Å². The standard InChI is InChI=1S/C28H23FN6O3/c1-16-12-31-10-9-20(16)25-22-15-34-35(26(22)23(14-32-25)27(30)36)19-6-3-17(4-7-19)13-33-28(37)21-11-18(29)5-8-24(21)38-2/h3-12,14-15H,13H2,1-2H3,(H2,30,36)(H,33,37). The van der Waals surface area contributed by atoms with E-state index in [0.29, 0.717) is 22.3 Å². The van der Waals surface area contributed by atoms with Crippen molar-refractivity contribution in [3.05, 3.63) is 101 Å². The van der Waals surface area contributed by atoms with Gasteiger partial charge < -0.3 is 15.8 Å². The molecule has 3 aromatic heterocycles. The topological polar surface area (TPSA) is 125 Å². The quantitative estimate of drug-likeness (QED) is 0.341. The Morgan fingerprint density at radius 1 is 1.05 bits per heavy atom. The summed E-state index contributed by atoms with van der Waals surface area (Å²) in [6.45, 7) is 2.14. The van der Waals surface area contributed by atoms with Crippen LogP contribution in [0.3, 0.4) is 0 Å². The lowest BCUT2D eigenvalue weighted by atomic mass is 10.0. The highest BCUT2D eigenvalue weighted by molar-refractivity contribution is 6.08. The molecule has 5 aromatic rings. The first-order chi connectivity index (χ1) is 18.4. The molecule has 0 fully saturated rings. The van der Waals surface area contributed by atoms with Crippen LogP contribution in [0.2, 0.25) is 0 Å². The van der Waals surface area contributed by atoms with E-state index in [9.17, 15) is 14.0 Å². The van der Waals surface area contributed by atoms with E-state index in [1.165, 1.54) is 25.4 Å². The summed E-state index contributed by atoms with van der Waals surface area (Å²) in [5.41, 5.74) is 10.5. The Morgan fingerprint density at radius 2 is 1.84 bits per heavy atom. The van der Waals surface area contributed by atoms with Gasteiger partial charge in [-0.2, -0.15) is 5.10 Å². The van der Waals surface area contributed by atoms with Crippen molar-refractivity contribution in [2.45, 2.75) is 13.5 Å². The van der Waals surface area contributed by atoms with Gasteiger partial charge in [-0.25, -0.2) is 9.07 Å². The molecule has 3 N–H and O–H groups in total. The number of hydrogen-bond donors (Lipinski definition) is 2. The predicted octanol–water partition coefficient (Wildman–Crippen LogP) is 3.97. The molecule has 3 heterocycles. The van der Waals surface area contributed by atoms with Crippen molar-refractivity contribution in [1.82, 2.24) is 25.1 Å². The number of fused-ring (bicyclic) bond motifs is 1. The molecule has 0 radical (unpaired) electrons. The first kappa shape index (κ1) is 24.6. The largest absolute Gasteiger partial charge is 0.496 e. The van der Waals surface area contributed by atoms with Gasteiger partial charge in [0, 0.05) is 36.1 Å². The number of benzene rings is 2. The molecule has 2 amide bonds. The summed E-state index contributed by atoms with van der Waals surface area (Å²) in [6.07, 6.45) is 6.55. The molecule has 190 valence electrons. The zero-order chi connectivity index (χ0) is 26.8. The van der Waals surface area contributed by atoms with Crippen molar-refractivity contribution in [3.63, 3.8) is 0 Å². The maximum atomic E-state index is 13.6. The van der Waals surface area contributed by atoms with Gasteiger partial charge in [0.05, 0.1) is 41.3 Å². The highest BCUT2D eigenvalue weighted by atomic mass is 19.1. The number of halogens is 1. The SMILES string of the molecule is COc1ccc(F)cc1C(=O)NCc1ccc(-n2ncc3c(-c4ccncc4C)ncc(C(N)=O)c32)cc1. The van der Waals surface area contributed by atoms with Crippen molar-refractivity contribution in [1.29, 1.82) is 0 Å². The van der Waals surface area contributed by atoms with Crippen LogP contribution in [-0.4, -0.2) is 38.7 Å². The van der Waals surface area contributed by atoms with Crippen LogP contribution in [0, 0.1) is 12.7 Å². The number of carbonyl (C=O) groups is 2. The van der Waals surface area contributed by atoms with Gasteiger partial charge in [0.25, 0.3) is 11.8 Å². The highest BCUT2D eigenvalue weighted by Gasteiger charge is 2.19. The van der Waals surface area contributed by atoms with Gasteiger partial charge in [-0.1, -0.05) is 12.1 Å². The Hall–Kier alpha value is -5.12. The average Bonchev–Trinajstić information content (AvgIpc) is 3.37. The monoisotopic (exact) mass is 510 g/mol. The van der Waals surface area contributed by atoms with E-state index in [2.05, 4.69) is 20.4 Å². The zero-order valence-electron chi connectivity index (χ0n) is 20.6. The number of methoxy groups -OCH3 is 1. The van der Waals surface area contributed by atoms with Crippen molar-refractivity contribution in [2.75, 3.05) is 7.11 Å². The molecule has 0 saturated heterocycles. The number of hydrogen-bond acceptors (Lipinski definition) is 6. The molecule has 0 aliphatic rings. The smallest absolute Gasteiger partial charge is 0.255 e. The van der Waals surface area contributed by atoms with Crippen LogP contribution < -0.4 is 15.8 Å². The number of amides is 2. The summed E-state index contributed by atoms with van der Waals surface area (Å²) in [6, 6.07) is 12.9. The van der Waals surface area contributed by atoms with Crippen LogP contribution in [-0.2, 0) is 6.54 Å². The highest BCUT2D eigenvalue weighted by Crippen LogP contribution is 2.31. The van der Waals surface area contributed by atoms with Crippen LogP contribution >= 0.6 is 0 Å². The van der Waals surface area contributed by atoms with E-state index in [1.54, 1.807) is 23.3 Å². The second-order valence-electron chi connectivity index (χ2n) is 8.59. The number of primary amides is 1. The number of nitrogens with two attached hydrogens (primary N) is 1. The number of nitrogens with zero attached hydrogens (tertiary/aromatic N) is 4. The molecule has 9 nitrogen and oxygen atoms in total. The van der Waals surface area contributed by atoms with Gasteiger partial charge in [0.2, 0.25) is 0 Å². The molecule has 38 heavy (non-hydrogen) atoms. The third-order valence-electron chi connectivity index (χ3n) is 6.18. The van der Waals surface area contributed by atoms with Crippen LogP contribution in [0.1, 0.15) is 31.8 Å². The molecule has 0 saturated carbocycles. The summed E-state index contributed by atoms with van der Waals surface area (Å²) in [5.74, 6) is -1.32. The van der Waals surface area contributed by atoms with E-state index in [-0.39, 0.29) is 23.4 Å². The van der Waals surface area contributed by atoms with Crippen LogP contribution in [0.15, 0.2) is 73.3 Å². The Morgan fingerprint density at radius 3 is 2.55 bits per heavy atom. The number of aryl methyl sites for hydroxylation is 1. The number of carbonyl (C=O) groups excluding carboxylic acids is 2. The van der Waals surface area contributed by atoms with E-state index in [0.717, 1.165) is 22.8 Å². The first-order valence-corrected chi connectivity index (χ1v) is 11.7. The van der Waals surface area contributed by atoms with Crippen LogP contribution in [0.4, 0.5) is 4.39 Å². The average molecular weight is 511 g/mol. The summed E-state index contributed by atoms with van der Waals surface area (Å²) >= 11 is 0. The molecule has 2 aromatic carbocycles. The summed E-state index contributed by atoms with van der Waals surface area (Å²) in [7, 11) is 1.42. The Balaban J connectivity index is 1.45. The molecule has 0 atom stereocenters. The Bertz CT molecular complexity index is 1680. The Kier molecular flexibility index (Phi) is 6.53. The van der Waals surface area contributed by atoms with Gasteiger partial charge in [-0.15, -0.1) is 0 Å². The minimum absolute atomic E-state index is 0.111. The van der Waals surface area contributed by atoms with E-state index in [1.807, 2.05) is 37.3 Å². The normalized spacial score (nSPS) is 10.9. The maximum absolute atomic E-state index is 13.6. The summed E-state index contributed by atoms with van der Waals surface area (Å²) < 4.78 is 20.4. The lowest BCUT2D eigenvalue weighted by molar-refractivity contribution is 0.0946. The van der Waals surface area contributed by atoms with Crippen molar-refractivity contribution in [3.8, 4) is 22.7 Å². The zero-order valence-corrected chi connectivity index (χ0v) is 20.6. The minimum Gasteiger partial charge on any atom is -0.496 e. The van der Waals surface area contributed by atoms with E-state index < -0.39 is 17.6 Å². The third kappa shape index (κ3) is 4.55. The van der Waals surface area contributed by atoms with Crippen molar-refractivity contribution < 1.29 is 18.7 Å². The molecule has 5 rings (SSSR count). The van der Waals surface area contributed by atoms with Gasteiger partial charge >= 0.3 is 0 Å². The first-order valence-electron chi connectivity index (χ1n) is 11.7. The lowest BCUT2D eigenvalue weighted by Gasteiger charge is -2.11. The molecule has 0 spiro atoms. The fourth-order valence-electron chi connectivity index (χ4n) is 4.26. The Labute approximate surface area is 217 Å². The maximum Gasteiger partial charge on any atom is 0.255 e. The second-order valence-corrected chi connectivity index (χ2v) is 8.59. The fraction of sp³-hybridized carbons (Fsp3) is 0.107. The van der Waals surface area contributed by atoms with Gasteiger partial charge in [0.1, 0.15) is 11.6 Å². The molecule has 0 aliphatic heterocycles. The number of nitrogens with one attached hydrogen (secondary N) is 1. The second kappa shape index (κ2) is 10.1. The third-order valence-corrected chi connectivity index (χ3v) is 6.18. The van der Waals surface area contributed by atoms with Gasteiger partial charge in [-0.05, 0) is 54.4 Å². The number of pyridine rings is 2. The molecule has 10 heteroatoms. The van der Waals surface area contributed by atoms with Crippen LogP contribution in [0.5, 0.6) is 5.75 Å². The van der Waals surface area contributed by atoms with E-state index >= 15 is 0 Å². The fourth-order valence-corrected chi connectivity index (χ4v) is 4.26.